The summed E-state index contributed by atoms with van der Waals surface area (Å²) in [7, 11) is 4.33. The van der Waals surface area contributed by atoms with E-state index in [4.69, 9.17) is 5.73 Å². The average molecular weight is 538 g/mol. The standard InChI is InChI=1S/C30H43N5O2S/c1-8-35(25-11-9-24(10-12-25)34(6)7)29-15-23(28-17-38-18-33-28)14-26(21(29)4)30(37)32-16-27(22(5)36)19(2)13-20(3)31/h13-15,17-18,24-25H,8-12,16,31H2,1-7H3,(H,32,37)/b20-13-,27-19-. The summed E-state index contributed by atoms with van der Waals surface area (Å²) in [4.78, 5) is 35.2. The van der Waals surface area contributed by atoms with Gasteiger partial charge in [-0.3, -0.25) is 9.59 Å². The lowest BCUT2D eigenvalue weighted by Gasteiger charge is -2.40. The predicted molar refractivity (Wildman–Crippen MR) is 159 cm³/mol. The van der Waals surface area contributed by atoms with Crippen molar-refractivity contribution < 1.29 is 9.59 Å². The number of amides is 1. The average Bonchev–Trinajstić information content (AvgIpc) is 3.40. The van der Waals surface area contributed by atoms with Gasteiger partial charge >= 0.3 is 0 Å². The van der Waals surface area contributed by atoms with Gasteiger partial charge in [-0.05, 0) is 104 Å². The largest absolute Gasteiger partial charge is 0.402 e. The molecule has 1 heterocycles. The third-order valence-electron chi connectivity index (χ3n) is 7.61. The number of hydrogen-bond acceptors (Lipinski definition) is 7. The molecule has 0 saturated heterocycles. The van der Waals surface area contributed by atoms with Gasteiger partial charge in [0.05, 0.1) is 11.2 Å². The molecular weight excluding hydrogens is 494 g/mol. The van der Waals surface area contributed by atoms with Gasteiger partial charge in [-0.2, -0.15) is 0 Å². The van der Waals surface area contributed by atoms with Crippen LogP contribution in [0, 0.1) is 6.92 Å². The SMILES string of the molecule is CCN(c1cc(-c2cscn2)cc(C(=O)NC/C(C(C)=O)=C(C)/C=C(/C)N)c1C)C1CCC(N(C)C)CC1. The summed E-state index contributed by atoms with van der Waals surface area (Å²) in [5.41, 5.74) is 14.0. The number of ketones is 1. The van der Waals surface area contributed by atoms with Gasteiger partial charge in [-0.25, -0.2) is 4.98 Å². The maximum Gasteiger partial charge on any atom is 0.251 e. The summed E-state index contributed by atoms with van der Waals surface area (Å²) < 4.78 is 0. The molecule has 1 aliphatic rings. The Bertz CT molecular complexity index is 1190. The van der Waals surface area contributed by atoms with E-state index in [0.717, 1.165) is 47.5 Å². The molecule has 1 amide bonds. The van der Waals surface area contributed by atoms with Crippen LogP contribution in [0.2, 0.25) is 0 Å². The van der Waals surface area contributed by atoms with Crippen molar-refractivity contribution in [1.82, 2.24) is 15.2 Å². The molecule has 0 aliphatic heterocycles. The highest BCUT2D eigenvalue weighted by Crippen LogP contribution is 2.35. The van der Waals surface area contributed by atoms with Crippen LogP contribution in [0.15, 0.2) is 45.9 Å². The first kappa shape index (κ1) is 29.6. The summed E-state index contributed by atoms with van der Waals surface area (Å²) in [6.07, 6.45) is 6.35. The predicted octanol–water partition coefficient (Wildman–Crippen LogP) is 5.32. The normalized spacial score (nSPS) is 18.8. The molecule has 0 bridgehead atoms. The van der Waals surface area contributed by atoms with Crippen molar-refractivity contribution in [1.29, 1.82) is 0 Å². The lowest BCUT2D eigenvalue weighted by atomic mass is 9.88. The molecule has 0 unspecified atom stereocenters. The van der Waals surface area contributed by atoms with Gasteiger partial charge in [0.2, 0.25) is 0 Å². The van der Waals surface area contributed by atoms with Gasteiger partial charge < -0.3 is 20.9 Å². The van der Waals surface area contributed by atoms with Crippen LogP contribution < -0.4 is 16.0 Å². The zero-order chi connectivity index (χ0) is 28.0. The van der Waals surface area contributed by atoms with Gasteiger partial charge in [0.25, 0.3) is 5.91 Å². The fraction of sp³-hybridized carbons (Fsp3) is 0.500. The lowest BCUT2D eigenvalue weighted by Crippen LogP contribution is -2.42. The smallest absolute Gasteiger partial charge is 0.251 e. The van der Waals surface area contributed by atoms with E-state index in [2.05, 4.69) is 47.2 Å². The van der Waals surface area contributed by atoms with E-state index in [0.29, 0.717) is 28.9 Å². The minimum absolute atomic E-state index is 0.0839. The van der Waals surface area contributed by atoms with E-state index in [1.165, 1.54) is 19.8 Å². The maximum absolute atomic E-state index is 13.6. The molecule has 1 aliphatic carbocycles. The van der Waals surface area contributed by atoms with Crippen molar-refractivity contribution in [3.8, 4) is 11.3 Å². The van der Waals surface area contributed by atoms with E-state index in [1.807, 2.05) is 30.8 Å². The third kappa shape index (κ3) is 7.11. The number of nitrogens with one attached hydrogen (secondary N) is 1. The second-order valence-corrected chi connectivity index (χ2v) is 11.3. The zero-order valence-corrected chi connectivity index (χ0v) is 24.7. The molecule has 38 heavy (non-hydrogen) atoms. The van der Waals surface area contributed by atoms with E-state index >= 15 is 0 Å². The van der Waals surface area contributed by atoms with Crippen LogP contribution >= 0.6 is 11.3 Å². The fourth-order valence-electron chi connectivity index (χ4n) is 5.48. The second kappa shape index (κ2) is 13.2. The second-order valence-electron chi connectivity index (χ2n) is 10.5. The first-order chi connectivity index (χ1) is 18.0. The van der Waals surface area contributed by atoms with Gasteiger partial charge in [0.15, 0.2) is 5.78 Å². The van der Waals surface area contributed by atoms with Gasteiger partial charge in [0.1, 0.15) is 0 Å². The zero-order valence-electron chi connectivity index (χ0n) is 23.9. The van der Waals surface area contributed by atoms with Crippen LogP contribution in [-0.4, -0.2) is 60.8 Å². The van der Waals surface area contributed by atoms with Crippen molar-refractivity contribution in [3.63, 3.8) is 0 Å². The number of thiazole rings is 1. The van der Waals surface area contributed by atoms with E-state index in [-0.39, 0.29) is 18.2 Å². The molecule has 0 radical (unpaired) electrons. The number of aromatic nitrogens is 1. The highest BCUT2D eigenvalue weighted by Gasteiger charge is 2.28. The van der Waals surface area contributed by atoms with Gasteiger partial charge in [-0.15, -0.1) is 11.3 Å². The molecule has 8 heteroatoms. The Kier molecular flexibility index (Phi) is 10.3. The number of allylic oxidation sites excluding steroid dienone is 3. The number of carbonyl (C=O) groups excluding carboxylic acids is 2. The molecule has 3 N–H and O–H groups in total. The summed E-state index contributed by atoms with van der Waals surface area (Å²) in [6.45, 7) is 10.4. The van der Waals surface area contributed by atoms with Crippen LogP contribution in [0.25, 0.3) is 11.3 Å². The number of hydrogen-bond donors (Lipinski definition) is 2. The number of rotatable bonds is 10. The number of carbonyl (C=O) groups is 2. The molecule has 1 aromatic carbocycles. The number of Topliss-reactive ketones (excluding diaryl/α,β-unsaturated/α-hetero) is 1. The van der Waals surface area contributed by atoms with E-state index < -0.39 is 0 Å². The first-order valence-electron chi connectivity index (χ1n) is 13.4. The number of nitrogens with two attached hydrogens (primary N) is 1. The molecule has 7 nitrogen and oxygen atoms in total. The molecular formula is C30H43N5O2S. The molecule has 0 atom stereocenters. The number of nitrogens with zero attached hydrogens (tertiary/aromatic N) is 3. The highest BCUT2D eigenvalue weighted by atomic mass is 32.1. The molecule has 1 fully saturated rings. The van der Waals surface area contributed by atoms with Gasteiger partial charge in [0, 0.05) is 58.6 Å². The summed E-state index contributed by atoms with van der Waals surface area (Å²) >= 11 is 1.54. The minimum Gasteiger partial charge on any atom is -0.402 e. The molecule has 1 saturated carbocycles. The lowest BCUT2D eigenvalue weighted by molar-refractivity contribution is -0.113. The Hall–Kier alpha value is -2.97. The quantitative estimate of drug-likeness (QED) is 0.315. The highest BCUT2D eigenvalue weighted by molar-refractivity contribution is 7.07. The number of benzene rings is 1. The molecule has 2 aromatic rings. The van der Waals surface area contributed by atoms with Crippen LogP contribution in [-0.2, 0) is 4.79 Å². The molecule has 206 valence electrons. The summed E-state index contributed by atoms with van der Waals surface area (Å²) in [5.74, 6) is -0.285. The van der Waals surface area contributed by atoms with Crippen LogP contribution in [0.1, 0.15) is 69.3 Å². The third-order valence-corrected chi connectivity index (χ3v) is 8.20. The van der Waals surface area contributed by atoms with Crippen LogP contribution in [0.4, 0.5) is 5.69 Å². The Balaban J connectivity index is 1.97. The monoisotopic (exact) mass is 537 g/mol. The van der Waals surface area contributed by atoms with Gasteiger partial charge in [-0.1, -0.05) is 0 Å². The minimum atomic E-state index is -0.201. The van der Waals surface area contributed by atoms with E-state index in [1.54, 1.807) is 24.3 Å². The van der Waals surface area contributed by atoms with Crippen molar-refractivity contribution in [2.45, 2.75) is 72.4 Å². The first-order valence-corrected chi connectivity index (χ1v) is 14.4. The van der Waals surface area contributed by atoms with Crippen molar-refractivity contribution in [3.05, 3.63) is 57.1 Å². The van der Waals surface area contributed by atoms with Crippen molar-refractivity contribution >= 4 is 28.7 Å². The molecule has 1 aromatic heterocycles. The van der Waals surface area contributed by atoms with Crippen molar-refractivity contribution in [2.75, 3.05) is 32.1 Å². The Morgan fingerprint density at radius 2 is 1.79 bits per heavy atom. The van der Waals surface area contributed by atoms with Crippen LogP contribution in [0.5, 0.6) is 0 Å². The van der Waals surface area contributed by atoms with E-state index in [9.17, 15) is 9.59 Å². The Morgan fingerprint density at radius 3 is 2.32 bits per heavy atom. The molecule has 3 rings (SSSR count). The van der Waals surface area contributed by atoms with Crippen LogP contribution in [0.3, 0.4) is 0 Å². The topological polar surface area (TPSA) is 91.6 Å². The maximum atomic E-state index is 13.6. The summed E-state index contributed by atoms with van der Waals surface area (Å²) in [6, 6.07) is 5.16. The Morgan fingerprint density at radius 1 is 1.13 bits per heavy atom. The summed E-state index contributed by atoms with van der Waals surface area (Å²) in [5, 5.41) is 5.01. The Labute approximate surface area is 231 Å². The number of anilines is 1. The van der Waals surface area contributed by atoms with Crippen molar-refractivity contribution in [2.24, 2.45) is 5.73 Å². The fourth-order valence-corrected chi connectivity index (χ4v) is 6.04. The molecule has 0 spiro atoms.